The van der Waals surface area contributed by atoms with E-state index in [1.165, 1.54) is 18.2 Å². The Hall–Kier alpha value is -1.64. The summed E-state index contributed by atoms with van der Waals surface area (Å²) < 4.78 is 57.6. The molecule has 0 aliphatic heterocycles. The first kappa shape index (κ1) is 29.8. The van der Waals surface area contributed by atoms with Crippen molar-refractivity contribution in [2.45, 2.75) is 110 Å². The summed E-state index contributed by atoms with van der Waals surface area (Å²) in [6, 6.07) is 5.53. The molecule has 4 aliphatic rings. The summed E-state index contributed by atoms with van der Waals surface area (Å²) in [6.07, 6.45) is 0.310. The van der Waals surface area contributed by atoms with E-state index in [4.69, 9.17) is 0 Å². The van der Waals surface area contributed by atoms with E-state index in [1.54, 1.807) is 6.07 Å². The zero-order chi connectivity index (χ0) is 29.0. The fraction of sp³-hybridized carbons (Fsp3) is 0.750. The van der Waals surface area contributed by atoms with E-state index >= 15 is 4.39 Å². The molecule has 1 aromatic carbocycles. The smallest absolute Gasteiger partial charge is 0.406 e. The Bertz CT molecular complexity index is 1100. The third-order valence-corrected chi connectivity index (χ3v) is 11.6. The lowest BCUT2D eigenvalue weighted by molar-refractivity contribution is -0.274. The molecule has 0 aromatic heterocycles. The highest BCUT2D eigenvalue weighted by Crippen LogP contribution is 2.68. The number of rotatable bonds is 7. The Morgan fingerprint density at radius 1 is 1.00 bits per heavy atom. The highest BCUT2D eigenvalue weighted by atomic mass is 19.4. The standard InChI is InChI=1S/C32H44F4O4/c1-18(6-4-9-26(37)19-7-5-8-20(16-19)40-32(34,35)36)21-10-11-22-28-23(12-14-30(21,22)2)31(3)15-13-27(38)29(39)24(31)17-25(28)33/h5,7-8,16,18,21-24,26-27,29,37-39H,4,6,9-15,17H2,1-3H3/t18-,21-,22+,23+,24+,26?,27+,29-,30-,31-/m1/s1. The Labute approximate surface area is 234 Å². The molecule has 0 saturated heterocycles. The SMILES string of the molecule is C[C@H](CCCC(O)c1cccc(OC(F)(F)F)c1)[C@H]1CC[C@H]2C3=C(F)C[C@H]4[C@@H](O)[C@@H](O)CC[C@]4(C)[C@H]3CC[C@]12C. The fourth-order valence-corrected chi connectivity index (χ4v) is 9.48. The second-order valence-corrected chi connectivity index (χ2v) is 13.7. The van der Waals surface area contributed by atoms with Gasteiger partial charge in [0.1, 0.15) is 11.6 Å². The van der Waals surface area contributed by atoms with Gasteiger partial charge in [0.15, 0.2) is 0 Å². The minimum Gasteiger partial charge on any atom is -0.406 e. The summed E-state index contributed by atoms with van der Waals surface area (Å²) in [4.78, 5) is 0. The molecule has 3 N–H and O–H groups in total. The summed E-state index contributed by atoms with van der Waals surface area (Å²) in [6.45, 7) is 6.78. The lowest BCUT2D eigenvalue weighted by Crippen LogP contribution is -2.55. The van der Waals surface area contributed by atoms with Gasteiger partial charge in [-0.2, -0.15) is 0 Å². The first-order valence-electron chi connectivity index (χ1n) is 15.0. The molecule has 224 valence electrons. The third kappa shape index (κ3) is 5.33. The van der Waals surface area contributed by atoms with Crippen molar-refractivity contribution in [3.8, 4) is 5.75 Å². The summed E-state index contributed by atoms with van der Waals surface area (Å²) in [5.74, 6) is 0.503. The van der Waals surface area contributed by atoms with Crippen molar-refractivity contribution in [1.29, 1.82) is 0 Å². The number of benzene rings is 1. The van der Waals surface area contributed by atoms with Crippen LogP contribution < -0.4 is 4.74 Å². The van der Waals surface area contributed by atoms with Gasteiger partial charge in [-0.05, 0) is 109 Å². The molecule has 8 heteroatoms. The van der Waals surface area contributed by atoms with Gasteiger partial charge >= 0.3 is 6.36 Å². The van der Waals surface area contributed by atoms with Crippen molar-refractivity contribution >= 4 is 0 Å². The highest BCUT2D eigenvalue weighted by Gasteiger charge is 2.61. The topological polar surface area (TPSA) is 69.9 Å². The van der Waals surface area contributed by atoms with E-state index in [1.807, 2.05) is 0 Å². The highest BCUT2D eigenvalue weighted by molar-refractivity contribution is 5.32. The predicted octanol–water partition coefficient (Wildman–Crippen LogP) is 7.63. The zero-order valence-corrected chi connectivity index (χ0v) is 23.8. The average molecular weight is 569 g/mol. The quantitative estimate of drug-likeness (QED) is 0.296. The van der Waals surface area contributed by atoms with Crippen LogP contribution in [-0.2, 0) is 0 Å². The Morgan fingerprint density at radius 2 is 1.70 bits per heavy atom. The summed E-state index contributed by atoms with van der Waals surface area (Å²) in [7, 11) is 0. The van der Waals surface area contributed by atoms with Crippen LogP contribution in [0.15, 0.2) is 35.7 Å². The largest absolute Gasteiger partial charge is 0.573 e. The second kappa shape index (κ2) is 10.9. The monoisotopic (exact) mass is 568 g/mol. The number of aliphatic hydroxyl groups excluding tert-OH is 3. The molecule has 5 rings (SSSR count). The molecule has 0 amide bonds. The van der Waals surface area contributed by atoms with E-state index in [0.717, 1.165) is 50.5 Å². The van der Waals surface area contributed by atoms with Crippen LogP contribution in [0, 0.1) is 40.4 Å². The van der Waals surface area contributed by atoms with Gasteiger partial charge in [-0.3, -0.25) is 0 Å². The van der Waals surface area contributed by atoms with E-state index in [-0.39, 0.29) is 46.6 Å². The van der Waals surface area contributed by atoms with Crippen LogP contribution in [-0.4, -0.2) is 33.9 Å². The predicted molar refractivity (Wildman–Crippen MR) is 144 cm³/mol. The van der Waals surface area contributed by atoms with Gasteiger partial charge in [0.05, 0.1) is 18.3 Å². The van der Waals surface area contributed by atoms with Gasteiger partial charge < -0.3 is 20.1 Å². The van der Waals surface area contributed by atoms with Crippen molar-refractivity contribution in [2.75, 3.05) is 0 Å². The van der Waals surface area contributed by atoms with Gasteiger partial charge in [-0.1, -0.05) is 45.7 Å². The van der Waals surface area contributed by atoms with Crippen LogP contribution in [0.3, 0.4) is 0 Å². The average Bonchev–Trinajstić information content (AvgIpc) is 3.24. The number of alkyl halides is 3. The van der Waals surface area contributed by atoms with Gasteiger partial charge in [-0.15, -0.1) is 13.2 Å². The first-order chi connectivity index (χ1) is 18.7. The number of hydrogen-bond acceptors (Lipinski definition) is 4. The lowest BCUT2D eigenvalue weighted by atomic mass is 9.47. The number of ether oxygens (including phenoxy) is 1. The number of aliphatic hydroxyl groups is 3. The molecule has 3 saturated carbocycles. The second-order valence-electron chi connectivity index (χ2n) is 13.7. The first-order valence-corrected chi connectivity index (χ1v) is 15.0. The van der Waals surface area contributed by atoms with E-state index < -0.39 is 24.7 Å². The number of halogens is 4. The molecular formula is C32H44F4O4. The molecule has 4 aliphatic carbocycles. The molecule has 3 fully saturated rings. The number of hydrogen-bond donors (Lipinski definition) is 3. The molecule has 0 radical (unpaired) electrons. The van der Waals surface area contributed by atoms with Crippen molar-refractivity contribution in [2.24, 2.45) is 40.4 Å². The van der Waals surface area contributed by atoms with Crippen LogP contribution in [0.2, 0.25) is 0 Å². The van der Waals surface area contributed by atoms with Crippen LogP contribution in [0.1, 0.15) is 96.6 Å². The van der Waals surface area contributed by atoms with Crippen molar-refractivity contribution < 1.29 is 37.6 Å². The van der Waals surface area contributed by atoms with E-state index in [2.05, 4.69) is 25.5 Å². The fourth-order valence-electron chi connectivity index (χ4n) is 9.48. The van der Waals surface area contributed by atoms with Crippen LogP contribution >= 0.6 is 0 Å². The van der Waals surface area contributed by atoms with Crippen molar-refractivity contribution in [3.63, 3.8) is 0 Å². The summed E-state index contributed by atoms with van der Waals surface area (Å²) in [5.41, 5.74) is 1.22. The zero-order valence-electron chi connectivity index (χ0n) is 23.8. The molecule has 1 unspecified atom stereocenters. The molecule has 40 heavy (non-hydrogen) atoms. The lowest BCUT2D eigenvalue weighted by Gasteiger charge is -2.59. The maximum atomic E-state index is 15.9. The Morgan fingerprint density at radius 3 is 2.42 bits per heavy atom. The third-order valence-electron chi connectivity index (χ3n) is 11.6. The van der Waals surface area contributed by atoms with Crippen LogP contribution in [0.4, 0.5) is 17.6 Å². The van der Waals surface area contributed by atoms with Gasteiger partial charge in [0.2, 0.25) is 0 Å². The molecule has 10 atom stereocenters. The van der Waals surface area contributed by atoms with Crippen molar-refractivity contribution in [1.82, 2.24) is 0 Å². The summed E-state index contributed by atoms with van der Waals surface area (Å²) >= 11 is 0. The summed E-state index contributed by atoms with van der Waals surface area (Å²) in [5, 5.41) is 31.7. The molecule has 1 aromatic rings. The maximum Gasteiger partial charge on any atom is 0.573 e. The number of allylic oxidation sites excluding steroid dienone is 2. The van der Waals surface area contributed by atoms with E-state index in [0.29, 0.717) is 30.2 Å². The van der Waals surface area contributed by atoms with Crippen molar-refractivity contribution in [3.05, 3.63) is 41.2 Å². The van der Waals surface area contributed by atoms with Gasteiger partial charge in [0, 0.05) is 6.42 Å². The molecule has 0 bridgehead atoms. The minimum atomic E-state index is -4.77. The van der Waals surface area contributed by atoms with Gasteiger partial charge in [0.25, 0.3) is 0 Å². The van der Waals surface area contributed by atoms with Crippen LogP contribution in [0.25, 0.3) is 0 Å². The Balaban J connectivity index is 1.23. The molecule has 0 spiro atoms. The molecule has 0 heterocycles. The maximum absolute atomic E-state index is 15.9. The number of fused-ring (bicyclic) bond motifs is 5. The Kier molecular flexibility index (Phi) is 8.12. The van der Waals surface area contributed by atoms with Crippen LogP contribution in [0.5, 0.6) is 5.75 Å². The normalized spacial score (nSPS) is 39.2. The van der Waals surface area contributed by atoms with E-state index in [9.17, 15) is 28.5 Å². The molecule has 4 nitrogen and oxygen atoms in total. The van der Waals surface area contributed by atoms with Gasteiger partial charge in [-0.25, -0.2) is 4.39 Å². The molecular weight excluding hydrogens is 524 g/mol. The minimum absolute atomic E-state index is 0.000461.